The van der Waals surface area contributed by atoms with E-state index in [2.05, 4.69) is 36.1 Å². The number of hydrogen-bond acceptors (Lipinski definition) is 7. The van der Waals surface area contributed by atoms with E-state index in [1.54, 1.807) is 12.1 Å². The lowest BCUT2D eigenvalue weighted by Gasteiger charge is -2.00. The van der Waals surface area contributed by atoms with Crippen LogP contribution in [0.1, 0.15) is 5.56 Å². The molecule has 0 radical (unpaired) electrons. The third-order valence-electron chi connectivity index (χ3n) is 2.95. The Hall–Kier alpha value is -3.63. The monoisotopic (exact) mass is 329 g/mol. The summed E-state index contributed by atoms with van der Waals surface area (Å²) >= 11 is 0. The quantitative estimate of drug-likeness (QED) is 0.442. The van der Waals surface area contributed by atoms with E-state index in [1.807, 2.05) is 0 Å². The normalized spacial score (nSPS) is 11.0. The van der Waals surface area contributed by atoms with E-state index >= 15 is 0 Å². The molecule has 1 amide bonds. The average molecular weight is 329 g/mol. The van der Waals surface area contributed by atoms with Crippen molar-refractivity contribution in [1.82, 2.24) is 35.8 Å². The highest BCUT2D eigenvalue weighted by molar-refractivity contribution is 5.89. The van der Waals surface area contributed by atoms with Crippen LogP contribution in [0.2, 0.25) is 0 Å². The van der Waals surface area contributed by atoms with Gasteiger partial charge < -0.3 is 5.73 Å². The van der Waals surface area contributed by atoms with Gasteiger partial charge in [-0.05, 0) is 29.5 Å². The third kappa shape index (κ3) is 3.58. The summed E-state index contributed by atoms with van der Waals surface area (Å²) in [5, 5.41) is 21.3. The largest absolute Gasteiger partial charge is 0.365 e. The molecule has 0 atom stereocenters. The molecule has 0 saturated heterocycles. The van der Waals surface area contributed by atoms with Crippen LogP contribution in [-0.2, 0) is 11.3 Å². The molecule has 2 aromatic heterocycles. The van der Waals surface area contributed by atoms with Gasteiger partial charge in [-0.25, -0.2) is 9.82 Å². The second-order valence-corrected chi connectivity index (χ2v) is 4.68. The second kappa shape index (κ2) is 6.64. The van der Waals surface area contributed by atoms with Crippen LogP contribution >= 0.6 is 0 Å². The Morgan fingerprint density at radius 3 is 2.92 bits per heavy atom. The lowest BCUT2D eigenvalue weighted by molar-refractivity contribution is -0.122. The van der Waals surface area contributed by atoms with E-state index in [9.17, 15) is 9.18 Å². The zero-order valence-electron chi connectivity index (χ0n) is 12.2. The molecule has 0 saturated carbocycles. The Morgan fingerprint density at radius 1 is 1.42 bits per heavy atom. The number of nitrogens with two attached hydrogens (primary N) is 1. The van der Waals surface area contributed by atoms with Crippen molar-refractivity contribution < 1.29 is 9.18 Å². The predicted molar refractivity (Wildman–Crippen MR) is 81.9 cm³/mol. The number of benzene rings is 1. The van der Waals surface area contributed by atoms with Crippen LogP contribution in [0.15, 0.2) is 35.6 Å². The van der Waals surface area contributed by atoms with E-state index in [0.717, 1.165) is 10.4 Å². The number of hydrazone groups is 1. The highest BCUT2D eigenvalue weighted by Gasteiger charge is 2.07. The van der Waals surface area contributed by atoms with Gasteiger partial charge in [0.25, 0.3) is 11.9 Å². The fourth-order valence-corrected chi connectivity index (χ4v) is 1.90. The Bertz CT molecular complexity index is 868. The Kier molecular flexibility index (Phi) is 4.23. The summed E-state index contributed by atoms with van der Waals surface area (Å²) in [5.41, 5.74) is 9.65. The molecule has 122 valence electrons. The number of carbonyl (C=O) groups excluding carboxylic acids is 1. The molecule has 1 aromatic carbocycles. The van der Waals surface area contributed by atoms with Crippen LogP contribution in [-0.4, -0.2) is 42.5 Å². The summed E-state index contributed by atoms with van der Waals surface area (Å²) in [5.74, 6) is -0.799. The van der Waals surface area contributed by atoms with Crippen molar-refractivity contribution in [3.8, 4) is 11.3 Å². The van der Waals surface area contributed by atoms with Gasteiger partial charge in [0.15, 0.2) is 0 Å². The maximum Gasteiger partial charge on any atom is 0.263 e. The molecule has 0 bridgehead atoms. The SMILES string of the molecule is Nc1nnn(CC(=O)N/N=C\c2cn[nH]c2-c2ccc(F)cc2)n1. The fourth-order valence-electron chi connectivity index (χ4n) is 1.90. The van der Waals surface area contributed by atoms with E-state index in [0.29, 0.717) is 11.3 Å². The number of amides is 1. The van der Waals surface area contributed by atoms with Gasteiger partial charge >= 0.3 is 0 Å². The fraction of sp³-hybridized carbons (Fsp3) is 0.0769. The molecule has 3 rings (SSSR count). The molecular formula is C13H12FN9O. The van der Waals surface area contributed by atoms with Crippen LogP contribution in [0, 0.1) is 5.82 Å². The summed E-state index contributed by atoms with van der Waals surface area (Å²) in [6.45, 7) is -0.169. The van der Waals surface area contributed by atoms with Gasteiger partial charge in [-0.1, -0.05) is 5.10 Å². The van der Waals surface area contributed by atoms with Gasteiger partial charge in [-0.2, -0.15) is 15.0 Å². The molecule has 10 nitrogen and oxygen atoms in total. The maximum absolute atomic E-state index is 13.0. The summed E-state index contributed by atoms with van der Waals surface area (Å²) in [6.07, 6.45) is 2.96. The Labute approximate surface area is 134 Å². The molecule has 24 heavy (non-hydrogen) atoms. The van der Waals surface area contributed by atoms with Crippen LogP contribution < -0.4 is 11.2 Å². The van der Waals surface area contributed by atoms with E-state index in [4.69, 9.17) is 5.73 Å². The molecular weight excluding hydrogens is 317 g/mol. The minimum absolute atomic E-state index is 0.0198. The molecule has 0 aliphatic rings. The lowest BCUT2D eigenvalue weighted by Crippen LogP contribution is -2.24. The van der Waals surface area contributed by atoms with Gasteiger partial charge in [-0.3, -0.25) is 9.89 Å². The number of tetrazole rings is 1. The first-order chi connectivity index (χ1) is 11.6. The van der Waals surface area contributed by atoms with Crippen molar-refractivity contribution in [2.24, 2.45) is 5.10 Å². The van der Waals surface area contributed by atoms with Gasteiger partial charge in [0, 0.05) is 11.1 Å². The molecule has 0 spiro atoms. The number of halogens is 1. The van der Waals surface area contributed by atoms with Crippen molar-refractivity contribution in [2.75, 3.05) is 5.73 Å². The van der Waals surface area contributed by atoms with Crippen LogP contribution in [0.4, 0.5) is 10.3 Å². The highest BCUT2D eigenvalue weighted by atomic mass is 19.1. The molecule has 11 heteroatoms. The molecule has 2 heterocycles. The topological polar surface area (TPSA) is 140 Å². The number of H-pyrrole nitrogens is 1. The average Bonchev–Trinajstić information content (AvgIpc) is 3.17. The molecule has 0 unspecified atom stereocenters. The molecule has 4 N–H and O–H groups in total. The zero-order valence-corrected chi connectivity index (χ0v) is 12.2. The number of hydrogen-bond donors (Lipinski definition) is 3. The first-order valence-electron chi connectivity index (χ1n) is 6.76. The van der Waals surface area contributed by atoms with Crippen molar-refractivity contribution in [3.05, 3.63) is 41.8 Å². The highest BCUT2D eigenvalue weighted by Crippen LogP contribution is 2.19. The van der Waals surface area contributed by atoms with E-state index in [1.165, 1.54) is 24.5 Å². The summed E-state index contributed by atoms with van der Waals surface area (Å²) < 4.78 is 13.0. The maximum atomic E-state index is 13.0. The molecule has 0 aliphatic heterocycles. The Balaban J connectivity index is 1.64. The molecule has 0 fully saturated rings. The molecule has 0 aliphatic carbocycles. The van der Waals surface area contributed by atoms with Gasteiger partial charge in [-0.15, -0.1) is 5.10 Å². The van der Waals surface area contributed by atoms with Gasteiger partial charge in [0.1, 0.15) is 12.4 Å². The number of aromatic nitrogens is 6. The van der Waals surface area contributed by atoms with E-state index in [-0.39, 0.29) is 18.3 Å². The van der Waals surface area contributed by atoms with Crippen molar-refractivity contribution in [2.45, 2.75) is 6.54 Å². The molecule has 3 aromatic rings. The smallest absolute Gasteiger partial charge is 0.263 e. The van der Waals surface area contributed by atoms with Crippen molar-refractivity contribution in [1.29, 1.82) is 0 Å². The zero-order chi connectivity index (χ0) is 16.9. The number of rotatable bonds is 5. The number of carbonyl (C=O) groups is 1. The van der Waals surface area contributed by atoms with Crippen molar-refractivity contribution in [3.63, 3.8) is 0 Å². The minimum Gasteiger partial charge on any atom is -0.365 e. The van der Waals surface area contributed by atoms with Crippen molar-refractivity contribution >= 4 is 18.1 Å². The standard InChI is InChI=1S/C13H12FN9O/c14-10-3-1-8(2-4-10)12-9(6-17-19-12)5-16-18-11(24)7-23-21-13(15)20-22-23/h1-6H,7H2,(H2,15,21)(H,17,19)(H,18,24)/b16-5-. The first-order valence-corrected chi connectivity index (χ1v) is 6.76. The summed E-state index contributed by atoms with van der Waals surface area (Å²) in [7, 11) is 0. The Morgan fingerprint density at radius 2 is 2.21 bits per heavy atom. The number of anilines is 1. The number of aromatic amines is 1. The number of nitrogens with zero attached hydrogens (tertiary/aromatic N) is 6. The number of nitrogen functional groups attached to an aromatic ring is 1. The third-order valence-corrected chi connectivity index (χ3v) is 2.95. The van der Waals surface area contributed by atoms with Crippen LogP contribution in [0.5, 0.6) is 0 Å². The van der Waals surface area contributed by atoms with Crippen LogP contribution in [0.3, 0.4) is 0 Å². The van der Waals surface area contributed by atoms with Gasteiger partial charge in [0.2, 0.25) is 0 Å². The minimum atomic E-state index is -0.449. The predicted octanol–water partition coefficient (Wildman–Crippen LogP) is -0.0652. The summed E-state index contributed by atoms with van der Waals surface area (Å²) in [4.78, 5) is 12.7. The van der Waals surface area contributed by atoms with Gasteiger partial charge in [0.05, 0.1) is 18.1 Å². The first kappa shape index (κ1) is 15.3. The lowest BCUT2D eigenvalue weighted by atomic mass is 10.1. The summed E-state index contributed by atoms with van der Waals surface area (Å²) in [6, 6.07) is 5.91. The van der Waals surface area contributed by atoms with E-state index < -0.39 is 5.91 Å². The number of nitrogens with one attached hydrogen (secondary N) is 2. The second-order valence-electron chi connectivity index (χ2n) is 4.68. The van der Waals surface area contributed by atoms with Crippen LogP contribution in [0.25, 0.3) is 11.3 Å².